The predicted octanol–water partition coefficient (Wildman–Crippen LogP) is 4.21. The van der Waals surface area contributed by atoms with E-state index in [0.717, 1.165) is 48.6 Å². The lowest BCUT2D eigenvalue weighted by Gasteiger charge is -2.32. The van der Waals surface area contributed by atoms with Crippen molar-refractivity contribution in [2.75, 3.05) is 13.1 Å². The number of nitrogens with zero attached hydrogens (tertiary/aromatic N) is 2. The quantitative estimate of drug-likeness (QED) is 0.764. The Morgan fingerprint density at radius 2 is 1.95 bits per heavy atom. The maximum atomic E-state index is 6.49. The molecule has 0 spiro atoms. The standard InChI is InChI=1S/C17H30ClN3/c1-4-10-19-12-15-9-7-6-8-14(15)11-16-17(18)13(3)20-21(16)5-2/h14-15,19H,4-12H2,1-3H3. The van der Waals surface area contributed by atoms with Crippen molar-refractivity contribution >= 4 is 11.6 Å². The van der Waals surface area contributed by atoms with E-state index in [1.807, 2.05) is 6.92 Å². The van der Waals surface area contributed by atoms with Crippen LogP contribution < -0.4 is 5.32 Å². The van der Waals surface area contributed by atoms with Gasteiger partial charge in [0.15, 0.2) is 0 Å². The molecule has 0 amide bonds. The first-order valence-electron chi connectivity index (χ1n) is 8.59. The minimum absolute atomic E-state index is 0.752. The lowest BCUT2D eigenvalue weighted by Crippen LogP contribution is -2.32. The van der Waals surface area contributed by atoms with Crippen molar-refractivity contribution in [3.63, 3.8) is 0 Å². The van der Waals surface area contributed by atoms with E-state index in [1.165, 1.54) is 37.8 Å². The molecule has 2 rings (SSSR count). The molecule has 2 unspecified atom stereocenters. The van der Waals surface area contributed by atoms with Gasteiger partial charge >= 0.3 is 0 Å². The van der Waals surface area contributed by atoms with Gasteiger partial charge in [-0.1, -0.05) is 31.4 Å². The molecule has 1 aliphatic carbocycles. The SMILES string of the molecule is CCCNCC1CCCCC1Cc1c(Cl)c(C)nn1CC. The number of aryl methyl sites for hydroxylation is 2. The highest BCUT2D eigenvalue weighted by Crippen LogP contribution is 2.34. The average molecular weight is 312 g/mol. The third kappa shape index (κ3) is 4.23. The topological polar surface area (TPSA) is 29.9 Å². The summed E-state index contributed by atoms with van der Waals surface area (Å²) >= 11 is 6.49. The second-order valence-corrected chi connectivity index (χ2v) is 6.75. The van der Waals surface area contributed by atoms with Gasteiger partial charge in [0.25, 0.3) is 0 Å². The highest BCUT2D eigenvalue weighted by atomic mass is 35.5. The first-order chi connectivity index (χ1) is 10.2. The van der Waals surface area contributed by atoms with E-state index >= 15 is 0 Å². The third-order valence-electron chi connectivity index (χ3n) is 4.81. The van der Waals surface area contributed by atoms with Crippen molar-refractivity contribution in [1.82, 2.24) is 15.1 Å². The zero-order valence-corrected chi connectivity index (χ0v) is 14.5. The molecule has 0 bridgehead atoms. The van der Waals surface area contributed by atoms with Crippen molar-refractivity contribution in [2.45, 2.75) is 65.8 Å². The smallest absolute Gasteiger partial charge is 0.0847 e. The molecular weight excluding hydrogens is 282 g/mol. The van der Waals surface area contributed by atoms with Crippen molar-refractivity contribution in [3.05, 3.63) is 16.4 Å². The van der Waals surface area contributed by atoms with Crippen LogP contribution in [0.5, 0.6) is 0 Å². The summed E-state index contributed by atoms with van der Waals surface area (Å²) in [4.78, 5) is 0. The summed E-state index contributed by atoms with van der Waals surface area (Å²) in [6, 6.07) is 0. The number of halogens is 1. The van der Waals surface area contributed by atoms with Crippen LogP contribution in [0.15, 0.2) is 0 Å². The molecule has 2 atom stereocenters. The van der Waals surface area contributed by atoms with Crippen LogP contribution in [-0.4, -0.2) is 22.9 Å². The molecule has 1 aromatic heterocycles. The lowest BCUT2D eigenvalue weighted by atomic mass is 9.76. The molecule has 3 nitrogen and oxygen atoms in total. The first kappa shape index (κ1) is 16.8. The molecule has 0 radical (unpaired) electrons. The van der Waals surface area contributed by atoms with Crippen LogP contribution in [-0.2, 0) is 13.0 Å². The van der Waals surface area contributed by atoms with Gasteiger partial charge in [0.1, 0.15) is 0 Å². The van der Waals surface area contributed by atoms with E-state index in [-0.39, 0.29) is 0 Å². The molecular formula is C17H30ClN3. The summed E-state index contributed by atoms with van der Waals surface area (Å²) < 4.78 is 2.10. The fraction of sp³-hybridized carbons (Fsp3) is 0.824. The molecule has 1 N–H and O–H groups in total. The first-order valence-corrected chi connectivity index (χ1v) is 8.97. The van der Waals surface area contributed by atoms with Gasteiger partial charge in [-0.15, -0.1) is 0 Å². The number of nitrogens with one attached hydrogen (secondary N) is 1. The van der Waals surface area contributed by atoms with Crippen LogP contribution in [0.2, 0.25) is 5.02 Å². The van der Waals surface area contributed by atoms with Crippen molar-refractivity contribution in [3.8, 4) is 0 Å². The molecule has 0 aliphatic heterocycles. The van der Waals surface area contributed by atoms with E-state index < -0.39 is 0 Å². The van der Waals surface area contributed by atoms with E-state index in [9.17, 15) is 0 Å². The summed E-state index contributed by atoms with van der Waals surface area (Å²) in [6.07, 6.45) is 7.75. The van der Waals surface area contributed by atoms with Gasteiger partial charge in [0.05, 0.1) is 16.4 Å². The summed E-state index contributed by atoms with van der Waals surface area (Å²) in [7, 11) is 0. The summed E-state index contributed by atoms with van der Waals surface area (Å²) in [6.45, 7) is 9.60. The molecule has 1 fully saturated rings. The Kier molecular flexibility index (Phi) is 6.56. The van der Waals surface area contributed by atoms with Gasteiger partial charge in [-0.2, -0.15) is 5.10 Å². The number of rotatable bonds is 7. The molecule has 1 aromatic rings. The number of hydrogen-bond donors (Lipinski definition) is 1. The van der Waals surface area contributed by atoms with E-state index in [2.05, 4.69) is 28.9 Å². The van der Waals surface area contributed by atoms with Crippen molar-refractivity contribution < 1.29 is 0 Å². The van der Waals surface area contributed by atoms with Crippen molar-refractivity contribution in [2.24, 2.45) is 11.8 Å². The second kappa shape index (κ2) is 8.19. The Morgan fingerprint density at radius 1 is 1.24 bits per heavy atom. The molecule has 0 saturated heterocycles. The summed E-state index contributed by atoms with van der Waals surface area (Å²) in [5.41, 5.74) is 2.23. The van der Waals surface area contributed by atoms with Crippen LogP contribution in [0.1, 0.15) is 57.3 Å². The Hall–Kier alpha value is -0.540. The maximum Gasteiger partial charge on any atom is 0.0847 e. The monoisotopic (exact) mass is 311 g/mol. The minimum Gasteiger partial charge on any atom is -0.316 e. The van der Waals surface area contributed by atoms with Gasteiger partial charge < -0.3 is 5.32 Å². The Labute approximate surface area is 134 Å². The molecule has 120 valence electrons. The fourth-order valence-corrected chi connectivity index (χ4v) is 3.81. The molecule has 1 heterocycles. The minimum atomic E-state index is 0.752. The third-order valence-corrected chi connectivity index (χ3v) is 5.30. The van der Waals surface area contributed by atoms with E-state index in [4.69, 9.17) is 11.6 Å². The largest absolute Gasteiger partial charge is 0.316 e. The summed E-state index contributed by atoms with van der Waals surface area (Å²) in [5, 5.41) is 9.07. The van der Waals surface area contributed by atoms with Crippen LogP contribution in [0.4, 0.5) is 0 Å². The zero-order chi connectivity index (χ0) is 15.2. The van der Waals surface area contributed by atoms with Crippen molar-refractivity contribution in [1.29, 1.82) is 0 Å². The number of aromatic nitrogens is 2. The Balaban J connectivity index is 2.04. The molecule has 1 aliphatic rings. The second-order valence-electron chi connectivity index (χ2n) is 6.37. The lowest BCUT2D eigenvalue weighted by molar-refractivity contribution is 0.225. The molecule has 4 heteroatoms. The van der Waals surface area contributed by atoms with Crippen LogP contribution in [0, 0.1) is 18.8 Å². The van der Waals surface area contributed by atoms with E-state index in [0.29, 0.717) is 0 Å². The average Bonchev–Trinajstić information content (AvgIpc) is 2.77. The fourth-order valence-electron chi connectivity index (χ4n) is 3.60. The predicted molar refractivity (Wildman–Crippen MR) is 90.0 cm³/mol. The molecule has 21 heavy (non-hydrogen) atoms. The molecule has 0 aromatic carbocycles. The molecule has 1 saturated carbocycles. The van der Waals surface area contributed by atoms with Gasteiger partial charge in [-0.05, 0) is 64.5 Å². The Morgan fingerprint density at radius 3 is 2.62 bits per heavy atom. The highest BCUT2D eigenvalue weighted by molar-refractivity contribution is 6.31. The number of hydrogen-bond acceptors (Lipinski definition) is 2. The van der Waals surface area contributed by atoms with Gasteiger partial charge in [-0.3, -0.25) is 4.68 Å². The van der Waals surface area contributed by atoms with E-state index in [1.54, 1.807) is 0 Å². The van der Waals surface area contributed by atoms with Gasteiger partial charge in [-0.25, -0.2) is 0 Å². The normalized spacial score (nSPS) is 22.7. The van der Waals surface area contributed by atoms with Crippen LogP contribution >= 0.6 is 11.6 Å². The van der Waals surface area contributed by atoms with Crippen LogP contribution in [0.25, 0.3) is 0 Å². The van der Waals surface area contributed by atoms with Crippen LogP contribution in [0.3, 0.4) is 0 Å². The van der Waals surface area contributed by atoms with Gasteiger partial charge in [0, 0.05) is 6.54 Å². The van der Waals surface area contributed by atoms with Gasteiger partial charge in [0.2, 0.25) is 0 Å². The Bertz CT molecular complexity index is 441. The summed E-state index contributed by atoms with van der Waals surface area (Å²) in [5.74, 6) is 1.55. The highest BCUT2D eigenvalue weighted by Gasteiger charge is 2.27. The maximum absolute atomic E-state index is 6.49. The zero-order valence-electron chi connectivity index (χ0n) is 13.8.